The van der Waals surface area contributed by atoms with Crippen LogP contribution in [-0.2, 0) is 4.79 Å². The fraction of sp³-hybridized carbons (Fsp3) is 0.346. The van der Waals surface area contributed by atoms with Crippen LogP contribution in [0.1, 0.15) is 53.9 Å². The molecule has 1 atom stereocenters. The summed E-state index contributed by atoms with van der Waals surface area (Å²) in [6, 6.07) is 4.69. The van der Waals surface area contributed by atoms with Gasteiger partial charge < -0.3 is 14.9 Å². The van der Waals surface area contributed by atoms with Gasteiger partial charge in [0.2, 0.25) is 5.91 Å². The molecule has 5 heteroatoms. The van der Waals surface area contributed by atoms with Crippen LogP contribution in [0, 0.1) is 5.41 Å². The quantitative estimate of drug-likeness (QED) is 0.207. The van der Waals surface area contributed by atoms with Crippen LogP contribution in [0.25, 0.3) is 0 Å². The van der Waals surface area contributed by atoms with E-state index in [-0.39, 0.29) is 17.1 Å². The van der Waals surface area contributed by atoms with Crippen LogP contribution in [0.3, 0.4) is 0 Å². The Kier molecular flexibility index (Phi) is 8.88. The van der Waals surface area contributed by atoms with Crippen LogP contribution in [0.5, 0.6) is 11.5 Å². The van der Waals surface area contributed by atoms with Gasteiger partial charge >= 0.3 is 0 Å². The fourth-order valence-electron chi connectivity index (χ4n) is 3.75. The molecule has 2 rings (SSSR count). The van der Waals surface area contributed by atoms with E-state index < -0.39 is 0 Å². The van der Waals surface area contributed by atoms with Crippen molar-refractivity contribution >= 4 is 21.1 Å². The van der Waals surface area contributed by atoms with Crippen molar-refractivity contribution in [2.75, 3.05) is 5.32 Å². The third-order valence-electron chi connectivity index (χ3n) is 5.50. The van der Waals surface area contributed by atoms with Crippen LogP contribution in [0.2, 0.25) is 0 Å². The van der Waals surface area contributed by atoms with Gasteiger partial charge in [0, 0.05) is 12.1 Å². The summed E-state index contributed by atoms with van der Waals surface area (Å²) in [5.41, 5.74) is 5.46. The first-order chi connectivity index (χ1) is 14.6. The summed E-state index contributed by atoms with van der Waals surface area (Å²) >= 11 is 0. The van der Waals surface area contributed by atoms with Crippen molar-refractivity contribution in [3.8, 4) is 11.5 Å². The van der Waals surface area contributed by atoms with Crippen molar-refractivity contribution in [1.82, 2.24) is 0 Å². The first kappa shape index (κ1) is 24.7. The van der Waals surface area contributed by atoms with Crippen LogP contribution in [0.4, 0.5) is 5.69 Å². The zero-order valence-electron chi connectivity index (χ0n) is 19.2. The molecule has 0 aliphatic heterocycles. The number of phenols is 1. The van der Waals surface area contributed by atoms with Gasteiger partial charge in [-0.15, -0.1) is 0 Å². The highest BCUT2D eigenvalue weighted by Crippen LogP contribution is 2.40. The van der Waals surface area contributed by atoms with Gasteiger partial charge in [0.1, 0.15) is 11.5 Å². The van der Waals surface area contributed by atoms with Crippen LogP contribution in [0.15, 0.2) is 76.9 Å². The zero-order chi connectivity index (χ0) is 23.0. The molecule has 0 fully saturated rings. The van der Waals surface area contributed by atoms with E-state index in [0.717, 1.165) is 11.1 Å². The average Bonchev–Trinajstić information content (AvgIpc) is 2.68. The molecule has 0 radical (unpaired) electrons. The van der Waals surface area contributed by atoms with Crippen molar-refractivity contribution in [3.63, 3.8) is 0 Å². The molecule has 1 aliphatic rings. The molecule has 1 aromatic carbocycles. The molecule has 0 heterocycles. The number of carbonyl (C=O) groups excluding carboxylic acids is 1. The summed E-state index contributed by atoms with van der Waals surface area (Å²) in [5, 5.41) is 12.6. The topological polar surface area (TPSA) is 58.6 Å². The second-order valence-corrected chi connectivity index (χ2v) is 8.94. The number of benzene rings is 1. The highest BCUT2D eigenvalue weighted by molar-refractivity contribution is 7.10. The minimum atomic E-state index is -0.306. The lowest BCUT2D eigenvalue weighted by Crippen LogP contribution is -2.19. The first-order valence-electron chi connectivity index (χ1n) is 10.5. The second-order valence-electron chi connectivity index (χ2n) is 8.71. The molecule has 0 aromatic heterocycles. The molecule has 4 nitrogen and oxygen atoms in total. The van der Waals surface area contributed by atoms with E-state index in [9.17, 15) is 9.90 Å². The number of aromatic hydroxyl groups is 1. The van der Waals surface area contributed by atoms with Crippen LogP contribution in [-0.4, -0.2) is 11.0 Å². The van der Waals surface area contributed by atoms with Gasteiger partial charge in [-0.05, 0) is 68.7 Å². The van der Waals surface area contributed by atoms with E-state index >= 15 is 0 Å². The van der Waals surface area contributed by atoms with Gasteiger partial charge in [-0.2, -0.15) is 0 Å². The van der Waals surface area contributed by atoms with E-state index in [1.54, 1.807) is 12.1 Å². The van der Waals surface area contributed by atoms with E-state index in [1.807, 2.05) is 25.2 Å². The number of carbonyl (C=O) groups is 1. The summed E-state index contributed by atoms with van der Waals surface area (Å²) in [6.45, 7) is 10.8. The molecular weight excluding hydrogens is 405 g/mol. The van der Waals surface area contributed by atoms with E-state index in [4.69, 9.17) is 4.52 Å². The number of phenolic OH excluding ortho intramolecular Hbond substituents is 1. The van der Waals surface area contributed by atoms with Crippen molar-refractivity contribution in [3.05, 3.63) is 76.9 Å². The second kappa shape index (κ2) is 11.2. The Bertz CT molecular complexity index is 965. The Hall–Kier alpha value is -2.58. The SMILES string of the molecule is CC1=C(/C=C/C(C)=C/C=C/C(C)=C/C(=O)Nc2ccc(OP)cc2O)C(C)(C)CCC1. The Morgan fingerprint density at radius 2 is 1.97 bits per heavy atom. The number of anilines is 1. The third kappa shape index (κ3) is 7.56. The summed E-state index contributed by atoms with van der Waals surface area (Å²) in [4.78, 5) is 12.2. The van der Waals surface area contributed by atoms with Gasteiger partial charge in [0.15, 0.2) is 0 Å². The van der Waals surface area contributed by atoms with E-state index in [0.29, 0.717) is 11.4 Å². The minimum Gasteiger partial charge on any atom is -0.506 e. The molecule has 0 bridgehead atoms. The summed E-state index contributed by atoms with van der Waals surface area (Å²) < 4.78 is 4.96. The molecular formula is C26H34NO3P. The van der Waals surface area contributed by atoms with Crippen molar-refractivity contribution in [1.29, 1.82) is 0 Å². The maximum Gasteiger partial charge on any atom is 0.248 e. The van der Waals surface area contributed by atoms with Gasteiger partial charge in [0.05, 0.1) is 15.2 Å². The third-order valence-corrected chi connectivity index (χ3v) is 5.77. The minimum absolute atomic E-state index is 0.0493. The summed E-state index contributed by atoms with van der Waals surface area (Å²) in [6.07, 6.45) is 15.4. The molecule has 1 amide bonds. The smallest absolute Gasteiger partial charge is 0.248 e. The number of rotatable bonds is 7. The monoisotopic (exact) mass is 439 g/mol. The first-order valence-corrected chi connectivity index (χ1v) is 11.0. The highest BCUT2D eigenvalue weighted by atomic mass is 31.0. The van der Waals surface area contributed by atoms with E-state index in [2.05, 4.69) is 54.6 Å². The average molecular weight is 440 g/mol. The van der Waals surface area contributed by atoms with Crippen molar-refractivity contribution in [2.45, 2.75) is 53.9 Å². The number of amides is 1. The van der Waals surface area contributed by atoms with Crippen LogP contribution >= 0.6 is 9.47 Å². The molecule has 1 aliphatic carbocycles. The molecule has 0 spiro atoms. The Morgan fingerprint density at radius 1 is 1.23 bits per heavy atom. The van der Waals surface area contributed by atoms with Gasteiger partial charge in [-0.3, -0.25) is 4.79 Å². The molecule has 1 aromatic rings. The maximum absolute atomic E-state index is 12.2. The zero-order valence-corrected chi connectivity index (χ0v) is 20.3. The Morgan fingerprint density at radius 3 is 2.61 bits per heavy atom. The lowest BCUT2D eigenvalue weighted by atomic mass is 9.72. The molecule has 0 saturated carbocycles. The maximum atomic E-state index is 12.2. The predicted molar refractivity (Wildman–Crippen MR) is 133 cm³/mol. The number of allylic oxidation sites excluding steroid dienone is 9. The van der Waals surface area contributed by atoms with E-state index in [1.165, 1.54) is 42.6 Å². The van der Waals surface area contributed by atoms with Gasteiger partial charge in [-0.1, -0.05) is 55.4 Å². The molecule has 166 valence electrons. The normalized spacial score (nSPS) is 17.5. The highest BCUT2D eigenvalue weighted by Gasteiger charge is 2.26. The molecule has 2 N–H and O–H groups in total. The van der Waals surface area contributed by atoms with Gasteiger partial charge in [-0.25, -0.2) is 0 Å². The number of hydrogen-bond donors (Lipinski definition) is 2. The molecule has 0 saturated heterocycles. The van der Waals surface area contributed by atoms with Crippen molar-refractivity contribution in [2.24, 2.45) is 5.41 Å². The molecule has 31 heavy (non-hydrogen) atoms. The summed E-state index contributed by atoms with van der Waals surface area (Å²) in [5.74, 6) is 0.135. The Labute approximate surface area is 188 Å². The lowest BCUT2D eigenvalue weighted by molar-refractivity contribution is -0.112. The Balaban J connectivity index is 1.98. The fourth-order valence-corrected chi connectivity index (χ4v) is 3.89. The number of nitrogens with one attached hydrogen (secondary N) is 1. The molecule has 1 unspecified atom stereocenters. The van der Waals surface area contributed by atoms with Gasteiger partial charge in [0.25, 0.3) is 0 Å². The largest absolute Gasteiger partial charge is 0.506 e. The van der Waals surface area contributed by atoms with Crippen molar-refractivity contribution < 1.29 is 14.4 Å². The standard InChI is InChI=1S/C26H34NO3P/c1-18(11-13-22-20(3)10-7-15-26(22,4)5)8-6-9-19(2)16-25(29)27-23-14-12-21(30-31)17-24(23)28/h6,8-9,11-14,16-17,28H,7,10,15,31H2,1-5H3,(H,27,29)/b9-6+,13-11+,18-8+,19-16+. The predicted octanol–water partition coefficient (Wildman–Crippen LogP) is 7.03. The van der Waals surface area contributed by atoms with Crippen LogP contribution < -0.4 is 9.84 Å². The lowest BCUT2D eigenvalue weighted by Gasteiger charge is -2.32. The number of hydrogen-bond acceptors (Lipinski definition) is 3. The summed E-state index contributed by atoms with van der Waals surface area (Å²) in [7, 11) is 2.11.